The fourth-order valence-electron chi connectivity index (χ4n) is 2.95. The second-order valence-electron chi connectivity index (χ2n) is 5.51. The van der Waals surface area contributed by atoms with Crippen molar-refractivity contribution in [3.05, 3.63) is 46.8 Å². The van der Waals surface area contributed by atoms with E-state index in [9.17, 15) is 4.79 Å². The monoisotopic (exact) mass is 301 g/mol. The van der Waals surface area contributed by atoms with Crippen LogP contribution in [0.2, 0.25) is 0 Å². The zero-order valence-electron chi connectivity index (χ0n) is 12.7. The SMILES string of the molecule is COc1cccc2c1CCN(Cc1cc(C(=O)O)nn1C)C2. The van der Waals surface area contributed by atoms with Crippen molar-refractivity contribution in [1.29, 1.82) is 0 Å². The van der Waals surface area contributed by atoms with Crippen molar-refractivity contribution < 1.29 is 14.6 Å². The lowest BCUT2D eigenvalue weighted by Gasteiger charge is -2.29. The van der Waals surface area contributed by atoms with E-state index >= 15 is 0 Å². The van der Waals surface area contributed by atoms with E-state index in [2.05, 4.69) is 16.1 Å². The van der Waals surface area contributed by atoms with Crippen LogP contribution in [-0.4, -0.2) is 39.4 Å². The van der Waals surface area contributed by atoms with Crippen LogP contribution in [0.25, 0.3) is 0 Å². The number of carbonyl (C=O) groups is 1. The highest BCUT2D eigenvalue weighted by Crippen LogP contribution is 2.28. The van der Waals surface area contributed by atoms with Gasteiger partial charge >= 0.3 is 5.97 Å². The number of carboxylic acid groups (broad SMARTS) is 1. The summed E-state index contributed by atoms with van der Waals surface area (Å²) < 4.78 is 7.06. The summed E-state index contributed by atoms with van der Waals surface area (Å²) in [6.45, 7) is 2.44. The Morgan fingerprint density at radius 1 is 1.45 bits per heavy atom. The molecule has 0 atom stereocenters. The van der Waals surface area contributed by atoms with E-state index in [0.717, 1.165) is 31.0 Å². The van der Waals surface area contributed by atoms with Gasteiger partial charge in [0.1, 0.15) is 5.75 Å². The number of hydrogen-bond donors (Lipinski definition) is 1. The van der Waals surface area contributed by atoms with Crippen molar-refractivity contribution in [3.8, 4) is 5.75 Å². The minimum atomic E-state index is -0.990. The Kier molecular flexibility index (Phi) is 3.85. The van der Waals surface area contributed by atoms with Gasteiger partial charge in [-0.05, 0) is 29.7 Å². The molecular formula is C16H19N3O3. The van der Waals surface area contributed by atoms with Gasteiger partial charge in [-0.3, -0.25) is 9.58 Å². The number of aromatic carboxylic acids is 1. The molecule has 6 nitrogen and oxygen atoms in total. The Labute approximate surface area is 128 Å². The summed E-state index contributed by atoms with van der Waals surface area (Å²) in [4.78, 5) is 13.3. The van der Waals surface area contributed by atoms with Crippen LogP contribution in [0.3, 0.4) is 0 Å². The normalized spacial score (nSPS) is 14.6. The lowest BCUT2D eigenvalue weighted by Crippen LogP contribution is -2.31. The first-order valence-corrected chi connectivity index (χ1v) is 7.22. The van der Waals surface area contributed by atoms with Crippen LogP contribution in [0.1, 0.15) is 27.3 Å². The molecule has 0 aliphatic carbocycles. The van der Waals surface area contributed by atoms with Gasteiger partial charge in [0, 0.05) is 26.7 Å². The minimum Gasteiger partial charge on any atom is -0.496 e. The van der Waals surface area contributed by atoms with Crippen LogP contribution in [-0.2, 0) is 26.6 Å². The third-order valence-electron chi connectivity index (χ3n) is 4.10. The maximum atomic E-state index is 11.0. The molecule has 1 aliphatic rings. The molecule has 1 aliphatic heterocycles. The Morgan fingerprint density at radius 2 is 2.27 bits per heavy atom. The second-order valence-corrected chi connectivity index (χ2v) is 5.51. The molecule has 22 heavy (non-hydrogen) atoms. The number of methoxy groups -OCH3 is 1. The molecule has 0 amide bonds. The molecule has 1 N–H and O–H groups in total. The van der Waals surface area contributed by atoms with E-state index in [0.29, 0.717) is 6.54 Å². The number of nitrogens with zero attached hydrogens (tertiary/aromatic N) is 3. The van der Waals surface area contributed by atoms with Crippen molar-refractivity contribution in [3.63, 3.8) is 0 Å². The molecule has 1 aromatic heterocycles. The van der Waals surface area contributed by atoms with Crippen LogP contribution in [0.4, 0.5) is 0 Å². The largest absolute Gasteiger partial charge is 0.496 e. The van der Waals surface area contributed by atoms with E-state index in [4.69, 9.17) is 9.84 Å². The van der Waals surface area contributed by atoms with Gasteiger partial charge in [-0.25, -0.2) is 4.79 Å². The van der Waals surface area contributed by atoms with E-state index < -0.39 is 5.97 Å². The predicted molar refractivity (Wildman–Crippen MR) is 81.0 cm³/mol. The first-order valence-electron chi connectivity index (χ1n) is 7.22. The number of fused-ring (bicyclic) bond motifs is 1. The number of carboxylic acids is 1. The Bertz CT molecular complexity index is 709. The molecule has 0 saturated carbocycles. The molecule has 116 valence electrons. The highest BCUT2D eigenvalue weighted by Gasteiger charge is 2.21. The summed E-state index contributed by atoms with van der Waals surface area (Å²) >= 11 is 0. The van der Waals surface area contributed by atoms with Gasteiger partial charge in [0.2, 0.25) is 0 Å². The summed E-state index contributed by atoms with van der Waals surface area (Å²) in [5, 5.41) is 13.0. The van der Waals surface area contributed by atoms with Crippen molar-refractivity contribution in [2.24, 2.45) is 7.05 Å². The summed E-state index contributed by atoms with van der Waals surface area (Å²) in [6, 6.07) is 7.77. The fraction of sp³-hybridized carbons (Fsp3) is 0.375. The van der Waals surface area contributed by atoms with Gasteiger partial charge in [-0.2, -0.15) is 5.10 Å². The molecule has 1 aromatic carbocycles. The first kappa shape index (κ1) is 14.6. The number of hydrogen-bond acceptors (Lipinski definition) is 4. The van der Waals surface area contributed by atoms with Crippen LogP contribution in [0.5, 0.6) is 5.75 Å². The van der Waals surface area contributed by atoms with Gasteiger partial charge in [-0.15, -0.1) is 0 Å². The third kappa shape index (κ3) is 2.69. The van der Waals surface area contributed by atoms with Crippen molar-refractivity contribution in [2.75, 3.05) is 13.7 Å². The smallest absolute Gasteiger partial charge is 0.356 e. The molecule has 2 heterocycles. The van der Waals surface area contributed by atoms with Gasteiger partial charge in [0.25, 0.3) is 0 Å². The zero-order valence-corrected chi connectivity index (χ0v) is 12.7. The van der Waals surface area contributed by atoms with E-state index in [1.807, 2.05) is 12.1 Å². The van der Waals surface area contributed by atoms with Gasteiger partial charge in [0.15, 0.2) is 5.69 Å². The number of aromatic nitrogens is 2. The molecule has 0 bridgehead atoms. The number of rotatable bonds is 4. The quantitative estimate of drug-likeness (QED) is 0.930. The maximum Gasteiger partial charge on any atom is 0.356 e. The van der Waals surface area contributed by atoms with E-state index in [-0.39, 0.29) is 5.69 Å². The second kappa shape index (κ2) is 5.81. The van der Waals surface area contributed by atoms with Crippen LogP contribution >= 0.6 is 0 Å². The summed E-state index contributed by atoms with van der Waals surface area (Å²) in [6.07, 6.45) is 0.934. The molecular weight excluding hydrogens is 282 g/mol. The summed E-state index contributed by atoms with van der Waals surface area (Å²) in [5.74, 6) is -0.0403. The summed E-state index contributed by atoms with van der Waals surface area (Å²) in [7, 11) is 3.48. The van der Waals surface area contributed by atoms with Crippen molar-refractivity contribution >= 4 is 5.97 Å². The number of aryl methyl sites for hydroxylation is 1. The van der Waals surface area contributed by atoms with Gasteiger partial charge in [0.05, 0.1) is 12.8 Å². The standard InChI is InChI=1S/C16H19N3O3/c1-18-12(8-14(17-18)16(20)21)10-19-7-6-13-11(9-19)4-3-5-15(13)22-2/h3-5,8H,6-7,9-10H2,1-2H3,(H,20,21). The highest BCUT2D eigenvalue weighted by molar-refractivity contribution is 5.85. The van der Waals surface area contributed by atoms with E-state index in [1.165, 1.54) is 11.1 Å². The lowest BCUT2D eigenvalue weighted by atomic mass is 9.98. The van der Waals surface area contributed by atoms with Crippen molar-refractivity contribution in [2.45, 2.75) is 19.5 Å². The molecule has 0 unspecified atom stereocenters. The summed E-state index contributed by atoms with van der Waals surface area (Å²) in [5.41, 5.74) is 3.55. The third-order valence-corrected chi connectivity index (χ3v) is 4.10. The molecule has 3 rings (SSSR count). The Balaban J connectivity index is 1.77. The average molecular weight is 301 g/mol. The number of benzene rings is 1. The Hall–Kier alpha value is -2.34. The highest BCUT2D eigenvalue weighted by atomic mass is 16.5. The average Bonchev–Trinajstić information content (AvgIpc) is 2.88. The van der Waals surface area contributed by atoms with E-state index in [1.54, 1.807) is 24.9 Å². The molecule has 0 radical (unpaired) electrons. The van der Waals surface area contributed by atoms with Crippen LogP contribution in [0.15, 0.2) is 24.3 Å². The lowest BCUT2D eigenvalue weighted by molar-refractivity contribution is 0.0689. The topological polar surface area (TPSA) is 67.6 Å². The fourth-order valence-corrected chi connectivity index (χ4v) is 2.95. The zero-order chi connectivity index (χ0) is 15.7. The number of ether oxygens (including phenoxy) is 1. The minimum absolute atomic E-state index is 0.0941. The molecule has 0 fully saturated rings. The first-order chi connectivity index (χ1) is 10.6. The van der Waals surface area contributed by atoms with Gasteiger partial charge in [-0.1, -0.05) is 12.1 Å². The molecule has 0 spiro atoms. The molecule has 6 heteroatoms. The Morgan fingerprint density at radius 3 is 2.95 bits per heavy atom. The van der Waals surface area contributed by atoms with Gasteiger partial charge < -0.3 is 9.84 Å². The predicted octanol–water partition coefficient (Wildman–Crippen LogP) is 1.69. The molecule has 0 saturated heterocycles. The maximum absolute atomic E-state index is 11.0. The van der Waals surface area contributed by atoms with Crippen LogP contribution < -0.4 is 4.74 Å². The molecule has 2 aromatic rings. The van der Waals surface area contributed by atoms with Crippen LogP contribution in [0, 0.1) is 0 Å². The van der Waals surface area contributed by atoms with Crippen molar-refractivity contribution in [1.82, 2.24) is 14.7 Å².